The molecule has 18 heavy (non-hydrogen) atoms. The fourth-order valence-electron chi connectivity index (χ4n) is 2.01. The van der Waals surface area contributed by atoms with Crippen molar-refractivity contribution in [2.45, 2.75) is 32.7 Å². The van der Waals surface area contributed by atoms with Crippen LogP contribution < -0.4 is 5.32 Å². The van der Waals surface area contributed by atoms with Crippen molar-refractivity contribution in [3.05, 3.63) is 23.6 Å². The van der Waals surface area contributed by atoms with Gasteiger partial charge in [-0.2, -0.15) is 0 Å². The Kier molecular flexibility index (Phi) is 3.79. The maximum atomic E-state index is 14.1. The number of amides is 1. The first kappa shape index (κ1) is 12.8. The van der Waals surface area contributed by atoms with Crippen molar-refractivity contribution in [1.82, 2.24) is 9.88 Å². The van der Waals surface area contributed by atoms with E-state index < -0.39 is 5.82 Å². The zero-order valence-corrected chi connectivity index (χ0v) is 10.7. The van der Waals surface area contributed by atoms with Crippen LogP contribution >= 0.6 is 0 Å². The van der Waals surface area contributed by atoms with E-state index in [0.29, 0.717) is 13.1 Å². The summed E-state index contributed by atoms with van der Waals surface area (Å²) in [5, 5.41) is 2.82. The zero-order valence-electron chi connectivity index (χ0n) is 10.7. The molecule has 0 unspecified atom stereocenters. The Bertz CT molecular complexity index is 446. The van der Waals surface area contributed by atoms with Gasteiger partial charge in [0.15, 0.2) is 11.6 Å². The largest absolute Gasteiger partial charge is 0.368 e. The number of carbonyl (C=O) groups excluding carboxylic acids is 1. The Labute approximate surface area is 106 Å². The third kappa shape index (κ3) is 2.44. The van der Waals surface area contributed by atoms with Gasteiger partial charge in [-0.05, 0) is 32.8 Å². The van der Waals surface area contributed by atoms with Gasteiger partial charge in [0.1, 0.15) is 0 Å². The minimum absolute atomic E-state index is 0.106. The van der Waals surface area contributed by atoms with E-state index >= 15 is 0 Å². The van der Waals surface area contributed by atoms with Crippen molar-refractivity contribution in [3.8, 4) is 0 Å². The molecule has 0 radical (unpaired) electrons. The summed E-state index contributed by atoms with van der Waals surface area (Å²) in [5.74, 6) is -0.641. The Balaban J connectivity index is 2.26. The van der Waals surface area contributed by atoms with Crippen molar-refractivity contribution in [3.63, 3.8) is 0 Å². The fraction of sp³-hybridized carbons (Fsp3) is 0.538. The summed E-state index contributed by atoms with van der Waals surface area (Å²) >= 11 is 0. The molecule has 1 aliphatic carbocycles. The topological polar surface area (TPSA) is 45.2 Å². The normalized spacial score (nSPS) is 14.4. The third-order valence-corrected chi connectivity index (χ3v) is 3.05. The van der Waals surface area contributed by atoms with E-state index in [-0.39, 0.29) is 23.3 Å². The molecule has 1 N–H and O–H groups in total. The third-order valence-electron chi connectivity index (χ3n) is 3.05. The molecule has 1 fully saturated rings. The first-order valence-corrected chi connectivity index (χ1v) is 6.38. The van der Waals surface area contributed by atoms with Crippen molar-refractivity contribution in [2.24, 2.45) is 0 Å². The number of hydrogen-bond acceptors (Lipinski definition) is 3. The molecule has 5 heteroatoms. The fourth-order valence-corrected chi connectivity index (χ4v) is 2.01. The summed E-state index contributed by atoms with van der Waals surface area (Å²) in [6, 6.07) is 1.74. The van der Waals surface area contributed by atoms with Gasteiger partial charge >= 0.3 is 0 Å². The lowest BCUT2D eigenvalue weighted by molar-refractivity contribution is 0.0748. The highest BCUT2D eigenvalue weighted by atomic mass is 19.1. The molecule has 0 saturated heterocycles. The second-order valence-corrected chi connectivity index (χ2v) is 4.37. The lowest BCUT2D eigenvalue weighted by Crippen LogP contribution is -2.33. The number of carbonyl (C=O) groups is 1. The molecule has 1 aromatic rings. The summed E-state index contributed by atoms with van der Waals surface area (Å²) in [7, 11) is 0. The predicted molar refractivity (Wildman–Crippen MR) is 68.1 cm³/mol. The van der Waals surface area contributed by atoms with Crippen LogP contribution in [0.15, 0.2) is 12.3 Å². The number of pyridine rings is 1. The molecule has 1 amide bonds. The van der Waals surface area contributed by atoms with Crippen LogP contribution in [0.3, 0.4) is 0 Å². The number of nitrogens with zero attached hydrogens (tertiary/aromatic N) is 2. The molecule has 0 spiro atoms. The van der Waals surface area contributed by atoms with Gasteiger partial charge in [0.05, 0.1) is 5.56 Å². The molecule has 1 aliphatic rings. The smallest absolute Gasteiger partial charge is 0.257 e. The lowest BCUT2D eigenvalue weighted by Gasteiger charge is -2.21. The molecule has 0 aromatic carbocycles. The van der Waals surface area contributed by atoms with Crippen LogP contribution in [0, 0.1) is 5.82 Å². The second kappa shape index (κ2) is 5.33. The number of halogens is 1. The summed E-state index contributed by atoms with van der Waals surface area (Å²) in [4.78, 5) is 17.9. The standard InChI is InChI=1S/C13H18FN3O/c1-3-15-12-11(14)10(7-8-16-12)13(18)17(4-2)9-5-6-9/h7-9H,3-6H2,1-2H3,(H,15,16). The summed E-state index contributed by atoms with van der Waals surface area (Å²) in [5.41, 5.74) is 0.106. The second-order valence-electron chi connectivity index (χ2n) is 4.37. The Hall–Kier alpha value is -1.65. The van der Waals surface area contributed by atoms with Gasteiger partial charge in [-0.15, -0.1) is 0 Å². The molecule has 98 valence electrons. The minimum Gasteiger partial charge on any atom is -0.368 e. The highest BCUT2D eigenvalue weighted by Crippen LogP contribution is 2.28. The average molecular weight is 251 g/mol. The van der Waals surface area contributed by atoms with Crippen LogP contribution in [-0.2, 0) is 0 Å². The predicted octanol–water partition coefficient (Wildman–Crippen LogP) is 2.28. The van der Waals surface area contributed by atoms with Crippen molar-refractivity contribution < 1.29 is 9.18 Å². The van der Waals surface area contributed by atoms with E-state index in [1.54, 1.807) is 4.90 Å². The van der Waals surface area contributed by atoms with Crippen molar-refractivity contribution in [2.75, 3.05) is 18.4 Å². The van der Waals surface area contributed by atoms with E-state index in [0.717, 1.165) is 12.8 Å². The van der Waals surface area contributed by atoms with E-state index in [1.165, 1.54) is 12.3 Å². The van der Waals surface area contributed by atoms with Crippen LogP contribution in [0.2, 0.25) is 0 Å². The van der Waals surface area contributed by atoms with Gasteiger partial charge in [-0.25, -0.2) is 9.37 Å². The Morgan fingerprint density at radius 3 is 2.83 bits per heavy atom. The Morgan fingerprint density at radius 2 is 2.28 bits per heavy atom. The average Bonchev–Trinajstić information content (AvgIpc) is 3.17. The molecule has 2 rings (SSSR count). The molecular weight excluding hydrogens is 233 g/mol. The van der Waals surface area contributed by atoms with Gasteiger partial charge in [0, 0.05) is 25.3 Å². The SMILES string of the molecule is CCNc1nccc(C(=O)N(CC)C2CC2)c1F. The first-order chi connectivity index (χ1) is 8.69. The molecule has 0 bridgehead atoms. The summed E-state index contributed by atoms with van der Waals surface area (Å²) in [6.45, 7) is 4.96. The number of rotatable bonds is 5. The van der Waals surface area contributed by atoms with Crippen LogP contribution in [-0.4, -0.2) is 34.9 Å². The lowest BCUT2D eigenvalue weighted by atomic mass is 10.2. The van der Waals surface area contributed by atoms with Gasteiger partial charge < -0.3 is 10.2 Å². The van der Waals surface area contributed by atoms with Crippen LogP contribution in [0.5, 0.6) is 0 Å². The molecule has 0 aliphatic heterocycles. The van der Waals surface area contributed by atoms with Crippen molar-refractivity contribution >= 4 is 11.7 Å². The summed E-state index contributed by atoms with van der Waals surface area (Å²) in [6.07, 6.45) is 3.51. The minimum atomic E-state index is -0.552. The molecule has 0 atom stereocenters. The maximum absolute atomic E-state index is 14.1. The van der Waals surface area contributed by atoms with Gasteiger partial charge in [-0.1, -0.05) is 0 Å². The number of hydrogen-bond donors (Lipinski definition) is 1. The van der Waals surface area contributed by atoms with E-state index in [4.69, 9.17) is 0 Å². The van der Waals surface area contributed by atoms with Crippen LogP contribution in [0.1, 0.15) is 37.0 Å². The number of nitrogens with one attached hydrogen (secondary N) is 1. The highest BCUT2D eigenvalue weighted by molar-refractivity contribution is 5.95. The van der Waals surface area contributed by atoms with Crippen molar-refractivity contribution in [1.29, 1.82) is 0 Å². The maximum Gasteiger partial charge on any atom is 0.257 e. The highest BCUT2D eigenvalue weighted by Gasteiger charge is 2.33. The van der Waals surface area contributed by atoms with Gasteiger partial charge in [0.2, 0.25) is 0 Å². The van der Waals surface area contributed by atoms with E-state index in [2.05, 4.69) is 10.3 Å². The zero-order chi connectivity index (χ0) is 13.1. The number of aromatic nitrogens is 1. The van der Waals surface area contributed by atoms with E-state index in [9.17, 15) is 9.18 Å². The molecular formula is C13H18FN3O. The molecule has 1 saturated carbocycles. The Morgan fingerprint density at radius 1 is 1.56 bits per heavy atom. The number of anilines is 1. The quantitative estimate of drug-likeness (QED) is 0.873. The van der Waals surface area contributed by atoms with E-state index in [1.807, 2.05) is 13.8 Å². The molecule has 4 nitrogen and oxygen atoms in total. The monoisotopic (exact) mass is 251 g/mol. The van der Waals surface area contributed by atoms with Gasteiger partial charge in [-0.3, -0.25) is 4.79 Å². The molecule has 1 heterocycles. The molecule has 1 aromatic heterocycles. The van der Waals surface area contributed by atoms with Crippen LogP contribution in [0.4, 0.5) is 10.2 Å². The first-order valence-electron chi connectivity index (χ1n) is 6.38. The van der Waals surface area contributed by atoms with Crippen LogP contribution in [0.25, 0.3) is 0 Å². The van der Waals surface area contributed by atoms with Gasteiger partial charge in [0.25, 0.3) is 5.91 Å². The summed E-state index contributed by atoms with van der Waals surface area (Å²) < 4.78 is 14.1.